The average Bonchev–Trinajstić information content (AvgIpc) is 3.23. The van der Waals surface area contributed by atoms with Gasteiger partial charge in [0, 0.05) is 31.1 Å². The number of anilines is 1. The van der Waals surface area contributed by atoms with E-state index in [0.29, 0.717) is 27.7 Å². The summed E-state index contributed by atoms with van der Waals surface area (Å²) < 4.78 is 1.65. The van der Waals surface area contributed by atoms with Gasteiger partial charge < -0.3 is 5.73 Å². The minimum atomic E-state index is -0.265. The van der Waals surface area contributed by atoms with E-state index in [1.807, 2.05) is 6.07 Å². The first kappa shape index (κ1) is 16.2. The van der Waals surface area contributed by atoms with Crippen LogP contribution in [0.2, 0.25) is 5.02 Å². The summed E-state index contributed by atoms with van der Waals surface area (Å²) in [7, 11) is 1.80. The maximum Gasteiger partial charge on any atom is 0.181 e. The first-order valence-electron chi connectivity index (χ1n) is 7.75. The van der Waals surface area contributed by atoms with Gasteiger partial charge in [-0.15, -0.1) is 0 Å². The van der Waals surface area contributed by atoms with Gasteiger partial charge in [0.25, 0.3) is 0 Å². The molecule has 0 aliphatic rings. The van der Waals surface area contributed by atoms with Crippen LogP contribution in [0.3, 0.4) is 0 Å². The van der Waals surface area contributed by atoms with Crippen molar-refractivity contribution in [2.24, 2.45) is 7.05 Å². The standard InChI is InChI=1S/C17H14ClN7O/c1-8(26)13-17(19)22-16(12-3-4-25(2)24-12)15(21-13)9-5-10-7-20-23-14(10)11(18)6-9/h3-7H,1-2H3,(H2,19,22)(H,20,23). The fraction of sp³-hybridized carbons (Fsp3) is 0.118. The molecule has 8 nitrogen and oxygen atoms in total. The Morgan fingerprint density at radius 3 is 2.77 bits per heavy atom. The zero-order valence-corrected chi connectivity index (χ0v) is 14.7. The highest BCUT2D eigenvalue weighted by Crippen LogP contribution is 2.34. The summed E-state index contributed by atoms with van der Waals surface area (Å²) in [6, 6.07) is 5.43. The molecule has 0 fully saturated rings. The Balaban J connectivity index is 2.03. The molecule has 0 aliphatic carbocycles. The maximum atomic E-state index is 11.9. The van der Waals surface area contributed by atoms with Crippen LogP contribution < -0.4 is 5.73 Å². The number of hydrogen-bond donors (Lipinski definition) is 2. The number of nitrogen functional groups attached to an aromatic ring is 1. The van der Waals surface area contributed by atoms with Crippen molar-refractivity contribution in [3.05, 3.63) is 41.3 Å². The highest BCUT2D eigenvalue weighted by molar-refractivity contribution is 6.35. The van der Waals surface area contributed by atoms with Crippen molar-refractivity contribution in [1.82, 2.24) is 29.9 Å². The van der Waals surface area contributed by atoms with Gasteiger partial charge in [-0.25, -0.2) is 9.97 Å². The highest BCUT2D eigenvalue weighted by atomic mass is 35.5. The molecule has 0 amide bonds. The number of ketones is 1. The quantitative estimate of drug-likeness (QED) is 0.538. The van der Waals surface area contributed by atoms with Crippen molar-refractivity contribution in [3.63, 3.8) is 0 Å². The third kappa shape index (κ3) is 2.60. The zero-order valence-electron chi connectivity index (χ0n) is 14.0. The van der Waals surface area contributed by atoms with Crippen molar-refractivity contribution in [3.8, 4) is 22.6 Å². The Labute approximate surface area is 153 Å². The van der Waals surface area contributed by atoms with E-state index in [4.69, 9.17) is 17.3 Å². The van der Waals surface area contributed by atoms with Gasteiger partial charge in [0.2, 0.25) is 0 Å². The van der Waals surface area contributed by atoms with E-state index in [1.54, 1.807) is 36.3 Å². The monoisotopic (exact) mass is 367 g/mol. The second-order valence-electron chi connectivity index (χ2n) is 5.88. The van der Waals surface area contributed by atoms with Crippen LogP contribution in [0.1, 0.15) is 17.4 Å². The molecule has 26 heavy (non-hydrogen) atoms. The molecule has 0 saturated carbocycles. The molecule has 3 heterocycles. The van der Waals surface area contributed by atoms with E-state index in [9.17, 15) is 4.79 Å². The van der Waals surface area contributed by atoms with Crippen molar-refractivity contribution in [2.75, 3.05) is 5.73 Å². The van der Waals surface area contributed by atoms with Crippen molar-refractivity contribution >= 4 is 34.1 Å². The molecule has 0 aliphatic heterocycles. The number of aryl methyl sites for hydroxylation is 1. The molecule has 130 valence electrons. The van der Waals surface area contributed by atoms with Crippen LogP contribution in [0.5, 0.6) is 0 Å². The van der Waals surface area contributed by atoms with Crippen molar-refractivity contribution in [2.45, 2.75) is 6.92 Å². The first-order valence-corrected chi connectivity index (χ1v) is 8.13. The third-order valence-corrected chi connectivity index (χ3v) is 4.28. The first-order chi connectivity index (χ1) is 12.4. The number of fused-ring (bicyclic) bond motifs is 1. The summed E-state index contributed by atoms with van der Waals surface area (Å²) in [4.78, 5) is 20.8. The number of carbonyl (C=O) groups is 1. The number of aromatic amines is 1. The number of rotatable bonds is 3. The molecule has 0 bridgehead atoms. The largest absolute Gasteiger partial charge is 0.382 e. The molecular formula is C17H14ClN7O. The van der Waals surface area contributed by atoms with Gasteiger partial charge in [0.15, 0.2) is 11.6 Å². The van der Waals surface area contributed by atoms with Crippen molar-refractivity contribution in [1.29, 1.82) is 0 Å². The van der Waals surface area contributed by atoms with Gasteiger partial charge in [0.1, 0.15) is 17.1 Å². The zero-order chi connectivity index (χ0) is 18.4. The third-order valence-electron chi connectivity index (χ3n) is 3.99. The van der Waals surface area contributed by atoms with Crippen LogP contribution in [0.4, 0.5) is 5.82 Å². The lowest BCUT2D eigenvalue weighted by Gasteiger charge is -2.11. The van der Waals surface area contributed by atoms with Crippen LogP contribution in [-0.4, -0.2) is 35.7 Å². The molecule has 0 radical (unpaired) electrons. The molecular weight excluding hydrogens is 354 g/mol. The summed E-state index contributed by atoms with van der Waals surface area (Å²) in [5, 5.41) is 12.5. The van der Waals surface area contributed by atoms with E-state index in [2.05, 4.69) is 25.3 Å². The van der Waals surface area contributed by atoms with Crippen LogP contribution in [-0.2, 0) is 7.05 Å². The number of benzene rings is 1. The summed E-state index contributed by atoms with van der Waals surface area (Å²) in [5.74, 6) is -0.198. The molecule has 0 spiro atoms. The average molecular weight is 368 g/mol. The maximum absolute atomic E-state index is 11.9. The van der Waals surface area contributed by atoms with Gasteiger partial charge in [0.05, 0.1) is 22.4 Å². The van der Waals surface area contributed by atoms with Crippen LogP contribution in [0, 0.1) is 0 Å². The van der Waals surface area contributed by atoms with E-state index >= 15 is 0 Å². The molecule has 3 aromatic heterocycles. The lowest BCUT2D eigenvalue weighted by Crippen LogP contribution is -2.09. The van der Waals surface area contributed by atoms with Gasteiger partial charge in [-0.2, -0.15) is 10.2 Å². The van der Waals surface area contributed by atoms with E-state index in [1.165, 1.54) is 6.92 Å². The summed E-state index contributed by atoms with van der Waals surface area (Å²) >= 11 is 6.36. The SMILES string of the molecule is CC(=O)c1nc(-c2cc(Cl)c3[nH]ncc3c2)c(-c2ccn(C)n2)nc1N. The van der Waals surface area contributed by atoms with E-state index in [0.717, 1.165) is 10.9 Å². The molecule has 0 unspecified atom stereocenters. The number of carbonyl (C=O) groups excluding carboxylic acids is 1. The number of Topliss-reactive ketones (excluding diaryl/α,β-unsaturated/α-hetero) is 1. The normalized spacial score (nSPS) is 11.2. The molecule has 9 heteroatoms. The fourth-order valence-electron chi connectivity index (χ4n) is 2.78. The molecule has 4 aromatic rings. The summed E-state index contributed by atoms with van der Waals surface area (Å²) in [5.41, 5.74) is 9.04. The van der Waals surface area contributed by atoms with Crippen LogP contribution >= 0.6 is 11.6 Å². The number of nitrogens with one attached hydrogen (secondary N) is 1. The minimum absolute atomic E-state index is 0.0670. The molecule has 0 saturated heterocycles. The predicted octanol–water partition coefficient (Wildman–Crippen LogP) is 2.86. The lowest BCUT2D eigenvalue weighted by molar-refractivity contribution is 0.101. The minimum Gasteiger partial charge on any atom is -0.382 e. The van der Waals surface area contributed by atoms with Crippen LogP contribution in [0.25, 0.3) is 33.5 Å². The Kier molecular flexibility index (Phi) is 3.69. The van der Waals surface area contributed by atoms with Gasteiger partial charge in [-0.05, 0) is 18.2 Å². The number of aromatic nitrogens is 6. The second-order valence-corrected chi connectivity index (χ2v) is 6.28. The topological polar surface area (TPSA) is 115 Å². The molecule has 1 aromatic carbocycles. The lowest BCUT2D eigenvalue weighted by atomic mass is 10.1. The van der Waals surface area contributed by atoms with Gasteiger partial charge in [-0.3, -0.25) is 14.6 Å². The molecule has 4 rings (SSSR count). The predicted molar refractivity (Wildman–Crippen MR) is 98.7 cm³/mol. The number of nitrogens with two attached hydrogens (primary N) is 1. The number of halogens is 1. The van der Waals surface area contributed by atoms with Crippen LogP contribution in [0.15, 0.2) is 30.6 Å². The van der Waals surface area contributed by atoms with E-state index < -0.39 is 0 Å². The number of nitrogens with zero attached hydrogens (tertiary/aromatic N) is 5. The van der Waals surface area contributed by atoms with Crippen molar-refractivity contribution < 1.29 is 4.79 Å². The fourth-order valence-corrected chi connectivity index (χ4v) is 3.05. The second kappa shape index (κ2) is 5.92. The van der Waals surface area contributed by atoms with Gasteiger partial charge in [-0.1, -0.05) is 11.6 Å². The Bertz CT molecular complexity index is 1160. The Morgan fingerprint density at radius 1 is 1.27 bits per heavy atom. The molecule has 0 atom stereocenters. The van der Waals surface area contributed by atoms with Gasteiger partial charge >= 0.3 is 0 Å². The number of H-pyrrole nitrogens is 1. The van der Waals surface area contributed by atoms with E-state index in [-0.39, 0.29) is 17.3 Å². The highest BCUT2D eigenvalue weighted by Gasteiger charge is 2.20. The Hall–Kier alpha value is -3.26. The Morgan fingerprint density at radius 2 is 2.08 bits per heavy atom. The smallest absolute Gasteiger partial charge is 0.181 e. The molecule has 3 N–H and O–H groups in total. The summed E-state index contributed by atoms with van der Waals surface area (Å²) in [6.07, 6.45) is 3.46. The summed E-state index contributed by atoms with van der Waals surface area (Å²) in [6.45, 7) is 1.40. The number of hydrogen-bond acceptors (Lipinski definition) is 6.